The molecule has 1 rings (SSSR count). The smallest absolute Gasteiger partial charge is 0.231 e. The van der Waals surface area contributed by atoms with Crippen LogP contribution in [0.5, 0.6) is 0 Å². The molecular weight excluding hydrogens is 268 g/mol. The van der Waals surface area contributed by atoms with Gasteiger partial charge in [-0.1, -0.05) is 28.1 Å². The molecule has 2 nitrogen and oxygen atoms in total. The molecule has 1 atom stereocenters. The van der Waals surface area contributed by atoms with Crippen LogP contribution in [0.3, 0.4) is 0 Å². The van der Waals surface area contributed by atoms with Gasteiger partial charge in [-0.15, -0.1) is 0 Å². The molecule has 5 heteroatoms. The summed E-state index contributed by atoms with van der Waals surface area (Å²) in [6.45, 7) is 1.60. The number of alkyl halides is 1. The van der Waals surface area contributed by atoms with Crippen LogP contribution in [0, 0.1) is 11.6 Å². The van der Waals surface area contributed by atoms with E-state index >= 15 is 0 Å². The number of halogens is 3. The lowest BCUT2D eigenvalue weighted by Gasteiger charge is -2.14. The van der Waals surface area contributed by atoms with Crippen LogP contribution in [-0.2, 0) is 4.79 Å². The van der Waals surface area contributed by atoms with Crippen molar-refractivity contribution in [2.45, 2.75) is 13.0 Å². The van der Waals surface area contributed by atoms with Crippen LogP contribution < -0.4 is 5.32 Å². The van der Waals surface area contributed by atoms with E-state index < -0.39 is 17.7 Å². The summed E-state index contributed by atoms with van der Waals surface area (Å²) in [4.78, 5) is 11.0. The Balaban J connectivity index is 2.86. The van der Waals surface area contributed by atoms with E-state index in [0.29, 0.717) is 0 Å². The van der Waals surface area contributed by atoms with Crippen molar-refractivity contribution in [3.8, 4) is 0 Å². The average Bonchev–Trinajstić information content (AvgIpc) is 2.21. The predicted octanol–water partition coefficient (Wildman–Crippen LogP) is 2.54. The van der Waals surface area contributed by atoms with Gasteiger partial charge in [-0.2, -0.15) is 0 Å². The molecule has 0 fully saturated rings. The van der Waals surface area contributed by atoms with Crippen molar-refractivity contribution < 1.29 is 13.6 Å². The Bertz CT molecular complexity index is 370. The molecule has 0 saturated heterocycles. The fourth-order valence-electron chi connectivity index (χ4n) is 1.21. The van der Waals surface area contributed by atoms with Gasteiger partial charge in [0.1, 0.15) is 0 Å². The normalized spacial score (nSPS) is 12.3. The summed E-state index contributed by atoms with van der Waals surface area (Å²) in [5.74, 6) is -2.10. The Hall–Kier alpha value is -0.970. The maximum absolute atomic E-state index is 13.3. The molecule has 0 spiro atoms. The van der Waals surface area contributed by atoms with Gasteiger partial charge in [0.25, 0.3) is 0 Å². The number of benzene rings is 1. The highest BCUT2D eigenvalue weighted by Crippen LogP contribution is 2.18. The molecule has 0 aliphatic heterocycles. The van der Waals surface area contributed by atoms with Gasteiger partial charge >= 0.3 is 0 Å². The third kappa shape index (κ3) is 2.99. The first-order valence-corrected chi connectivity index (χ1v) is 5.47. The molecule has 1 N–H and O–H groups in total. The second kappa shape index (κ2) is 5.21. The van der Waals surface area contributed by atoms with E-state index in [9.17, 15) is 13.6 Å². The van der Waals surface area contributed by atoms with Crippen LogP contribution in [0.15, 0.2) is 18.2 Å². The molecule has 15 heavy (non-hydrogen) atoms. The molecule has 0 aromatic heterocycles. The molecule has 0 saturated carbocycles. The van der Waals surface area contributed by atoms with Gasteiger partial charge in [-0.25, -0.2) is 8.78 Å². The monoisotopic (exact) mass is 277 g/mol. The number of nitrogens with one attached hydrogen (secondary N) is 1. The summed E-state index contributed by atoms with van der Waals surface area (Å²) in [6.07, 6.45) is 0. The first kappa shape index (κ1) is 12.1. The Kier molecular flexibility index (Phi) is 4.20. The Morgan fingerprint density at radius 3 is 2.80 bits per heavy atom. The highest BCUT2D eigenvalue weighted by Gasteiger charge is 2.15. The average molecular weight is 278 g/mol. The summed E-state index contributed by atoms with van der Waals surface area (Å²) in [7, 11) is 0. The largest absolute Gasteiger partial charge is 0.349 e. The lowest BCUT2D eigenvalue weighted by Crippen LogP contribution is -2.28. The topological polar surface area (TPSA) is 29.1 Å². The number of carbonyl (C=O) groups excluding carboxylic acids is 1. The van der Waals surface area contributed by atoms with E-state index in [-0.39, 0.29) is 16.8 Å². The summed E-state index contributed by atoms with van der Waals surface area (Å²) >= 11 is 2.97. The number of hydrogen-bond acceptors (Lipinski definition) is 1. The lowest BCUT2D eigenvalue weighted by atomic mass is 10.1. The van der Waals surface area contributed by atoms with Gasteiger partial charge in [0, 0.05) is 5.56 Å². The van der Waals surface area contributed by atoms with Gasteiger partial charge in [0.05, 0.1) is 11.4 Å². The van der Waals surface area contributed by atoms with E-state index in [4.69, 9.17) is 0 Å². The van der Waals surface area contributed by atoms with Gasteiger partial charge in [-0.3, -0.25) is 4.79 Å². The molecule has 82 valence electrons. The highest BCUT2D eigenvalue weighted by molar-refractivity contribution is 9.09. The Morgan fingerprint density at radius 1 is 1.53 bits per heavy atom. The zero-order valence-electron chi connectivity index (χ0n) is 8.06. The van der Waals surface area contributed by atoms with Gasteiger partial charge < -0.3 is 5.32 Å². The van der Waals surface area contributed by atoms with Crippen molar-refractivity contribution in [2.75, 3.05) is 5.33 Å². The molecule has 0 unspecified atom stereocenters. The summed E-state index contributed by atoms with van der Waals surface area (Å²) < 4.78 is 26.1. The van der Waals surface area contributed by atoms with Gasteiger partial charge in [0.15, 0.2) is 11.6 Å². The maximum Gasteiger partial charge on any atom is 0.231 e. The van der Waals surface area contributed by atoms with Crippen LogP contribution in [0.2, 0.25) is 0 Å². The minimum atomic E-state index is -0.917. The SMILES string of the molecule is C[C@H](NC(=O)CBr)c1cccc(F)c1F. The maximum atomic E-state index is 13.3. The predicted molar refractivity (Wildman–Crippen MR) is 56.7 cm³/mol. The molecule has 0 bridgehead atoms. The van der Waals surface area contributed by atoms with Crippen molar-refractivity contribution in [2.24, 2.45) is 0 Å². The zero-order chi connectivity index (χ0) is 11.4. The van der Waals surface area contributed by atoms with Gasteiger partial charge in [-0.05, 0) is 13.0 Å². The summed E-state index contributed by atoms with van der Waals surface area (Å²) in [6, 6.07) is 3.34. The fourth-order valence-corrected chi connectivity index (χ4v) is 1.37. The van der Waals surface area contributed by atoms with Crippen LogP contribution in [0.1, 0.15) is 18.5 Å². The molecule has 0 aliphatic carbocycles. The van der Waals surface area contributed by atoms with E-state index in [0.717, 1.165) is 6.07 Å². The zero-order valence-corrected chi connectivity index (χ0v) is 9.64. The van der Waals surface area contributed by atoms with Crippen LogP contribution >= 0.6 is 15.9 Å². The van der Waals surface area contributed by atoms with Crippen LogP contribution in [0.4, 0.5) is 8.78 Å². The molecule has 1 aromatic rings. The van der Waals surface area contributed by atoms with E-state index in [1.165, 1.54) is 12.1 Å². The quantitative estimate of drug-likeness (QED) is 0.846. The van der Waals surface area contributed by atoms with Crippen LogP contribution in [-0.4, -0.2) is 11.2 Å². The van der Waals surface area contributed by atoms with Crippen molar-refractivity contribution in [1.82, 2.24) is 5.32 Å². The first-order valence-electron chi connectivity index (χ1n) is 4.35. The first-order chi connectivity index (χ1) is 7.06. The lowest BCUT2D eigenvalue weighted by molar-refractivity contribution is -0.119. The number of rotatable bonds is 3. The third-order valence-corrected chi connectivity index (χ3v) is 2.46. The molecule has 0 radical (unpaired) electrons. The van der Waals surface area contributed by atoms with Crippen LogP contribution in [0.25, 0.3) is 0 Å². The van der Waals surface area contributed by atoms with E-state index in [1.54, 1.807) is 6.92 Å². The van der Waals surface area contributed by atoms with Crippen molar-refractivity contribution in [3.63, 3.8) is 0 Å². The van der Waals surface area contributed by atoms with Crippen molar-refractivity contribution in [1.29, 1.82) is 0 Å². The Labute approximate surface area is 94.8 Å². The minimum Gasteiger partial charge on any atom is -0.349 e. The molecule has 0 aliphatic rings. The van der Waals surface area contributed by atoms with Gasteiger partial charge in [0.2, 0.25) is 5.91 Å². The number of hydrogen-bond donors (Lipinski definition) is 1. The minimum absolute atomic E-state index is 0.133. The second-order valence-electron chi connectivity index (χ2n) is 3.07. The number of carbonyl (C=O) groups is 1. The fraction of sp³-hybridized carbons (Fsp3) is 0.300. The Morgan fingerprint density at radius 2 is 2.20 bits per heavy atom. The van der Waals surface area contributed by atoms with Crippen molar-refractivity contribution >= 4 is 21.8 Å². The molecular formula is C10H10BrF2NO. The number of amides is 1. The molecule has 0 heterocycles. The molecule has 1 aromatic carbocycles. The second-order valence-corrected chi connectivity index (χ2v) is 3.63. The standard InChI is InChI=1S/C10H10BrF2NO/c1-6(14-9(15)5-11)7-3-2-4-8(12)10(7)13/h2-4,6H,5H2,1H3,(H,14,15)/t6-/m0/s1. The highest BCUT2D eigenvalue weighted by atomic mass is 79.9. The van der Waals surface area contributed by atoms with E-state index in [2.05, 4.69) is 21.2 Å². The van der Waals surface area contributed by atoms with Crippen molar-refractivity contribution in [3.05, 3.63) is 35.4 Å². The summed E-state index contributed by atoms with van der Waals surface area (Å²) in [5, 5.41) is 2.65. The van der Waals surface area contributed by atoms with E-state index in [1.807, 2.05) is 0 Å². The molecule has 1 amide bonds. The summed E-state index contributed by atoms with van der Waals surface area (Å²) in [5.41, 5.74) is 0.143. The third-order valence-electron chi connectivity index (χ3n) is 1.95.